The second-order valence-corrected chi connectivity index (χ2v) is 12.2. The van der Waals surface area contributed by atoms with Gasteiger partial charge in [0.05, 0.1) is 17.3 Å². The third-order valence-electron chi connectivity index (χ3n) is 6.02. The van der Waals surface area contributed by atoms with Gasteiger partial charge in [0.15, 0.2) is 0 Å². The molecule has 0 saturated carbocycles. The maximum Gasteiger partial charge on any atom is 0.236 e. The summed E-state index contributed by atoms with van der Waals surface area (Å²) in [5, 5.41) is 5.34. The average Bonchev–Trinajstić information content (AvgIpc) is 3.17. The average molecular weight is 463 g/mol. The van der Waals surface area contributed by atoms with Gasteiger partial charge in [0.1, 0.15) is 11.0 Å². The maximum atomic E-state index is 6.63. The zero-order chi connectivity index (χ0) is 23.3. The first kappa shape index (κ1) is 24.0. The summed E-state index contributed by atoms with van der Waals surface area (Å²) >= 11 is 6.63. The van der Waals surface area contributed by atoms with Gasteiger partial charge in [-0.2, -0.15) is 10.1 Å². The quantitative estimate of drug-likeness (QED) is 0.498. The Hall–Kier alpha value is -1.64. The van der Waals surface area contributed by atoms with Gasteiger partial charge in [-0.25, -0.2) is 4.98 Å². The van der Waals surface area contributed by atoms with Crippen LogP contribution in [0.1, 0.15) is 82.9 Å². The number of halogens is 1. The normalized spacial score (nSPS) is 17.9. The summed E-state index contributed by atoms with van der Waals surface area (Å²) in [4.78, 5) is 11.1. The van der Waals surface area contributed by atoms with Gasteiger partial charge in [0.2, 0.25) is 15.7 Å². The van der Waals surface area contributed by atoms with Crippen LogP contribution in [-0.4, -0.2) is 41.7 Å². The summed E-state index contributed by atoms with van der Waals surface area (Å²) in [5.41, 5.74) is 9.99. The molecule has 2 N–H and O–H groups in total. The fraction of sp³-hybridized carbons (Fsp3) is 0.682. The maximum absolute atomic E-state index is 6.63. The van der Waals surface area contributed by atoms with Crippen molar-refractivity contribution in [1.82, 2.24) is 19.7 Å². The van der Waals surface area contributed by atoms with Gasteiger partial charge in [0.25, 0.3) is 0 Å². The lowest BCUT2D eigenvalue weighted by atomic mass is 9.87. The molecule has 2 aromatic rings. The fourth-order valence-electron chi connectivity index (χ4n) is 4.33. The van der Waals surface area contributed by atoms with E-state index in [4.69, 9.17) is 26.9 Å². The zero-order valence-corrected chi connectivity index (χ0v) is 21.9. The van der Waals surface area contributed by atoms with Gasteiger partial charge < -0.3 is 15.1 Å². The van der Waals surface area contributed by atoms with Crippen LogP contribution in [-0.2, 0) is 17.9 Å². The molecule has 0 bridgehead atoms. The molecule has 2 radical (unpaired) electrons. The highest BCUT2D eigenvalue weighted by atomic mass is 35.5. The number of nitrogens with zero attached hydrogens (tertiary/aromatic N) is 5. The van der Waals surface area contributed by atoms with E-state index >= 15 is 0 Å². The van der Waals surface area contributed by atoms with Gasteiger partial charge in [-0.1, -0.05) is 39.3 Å². The van der Waals surface area contributed by atoms with Gasteiger partial charge in [-0.3, -0.25) is 4.68 Å². The largest absolute Gasteiger partial charge is 0.411 e. The summed E-state index contributed by atoms with van der Waals surface area (Å²) in [6.07, 6.45) is 0.941. The minimum atomic E-state index is -0.439. The molecule has 170 valence electrons. The van der Waals surface area contributed by atoms with E-state index in [1.165, 1.54) is 11.3 Å². The van der Waals surface area contributed by atoms with E-state index in [2.05, 4.69) is 70.3 Å². The smallest absolute Gasteiger partial charge is 0.236 e. The van der Waals surface area contributed by atoms with E-state index < -0.39 is 5.60 Å². The van der Waals surface area contributed by atoms with Crippen LogP contribution in [0.3, 0.4) is 0 Å². The summed E-state index contributed by atoms with van der Waals surface area (Å²) in [6, 6.07) is 0.0153. The number of anilines is 2. The number of hydrogen-bond donors (Lipinski definition) is 1. The van der Waals surface area contributed by atoms with Gasteiger partial charge in [-0.15, -0.1) is 0 Å². The molecule has 2 aromatic heterocycles. The number of aryl methyl sites for hydroxylation is 1. The first-order valence-electron chi connectivity index (χ1n) is 10.8. The molecule has 9 heteroatoms. The summed E-state index contributed by atoms with van der Waals surface area (Å²) in [6.45, 7) is 18.0. The first-order chi connectivity index (χ1) is 14.3. The Morgan fingerprint density at radius 1 is 1.26 bits per heavy atom. The molecule has 3 heterocycles. The van der Waals surface area contributed by atoms with Crippen LogP contribution in [0.15, 0.2) is 0 Å². The second-order valence-electron chi connectivity index (χ2n) is 9.98. The summed E-state index contributed by atoms with van der Waals surface area (Å²) in [5.74, 6) is 0.986. The van der Waals surface area contributed by atoms with Crippen LogP contribution in [0.4, 0.5) is 11.8 Å². The fourth-order valence-corrected chi connectivity index (χ4v) is 5.34. The van der Waals surface area contributed by atoms with E-state index in [1.54, 1.807) is 0 Å². The van der Waals surface area contributed by atoms with Crippen molar-refractivity contribution in [2.24, 2.45) is 7.05 Å². The van der Waals surface area contributed by atoms with Crippen LogP contribution < -0.4 is 10.6 Å². The molecule has 1 aliphatic heterocycles. The highest BCUT2D eigenvalue weighted by Gasteiger charge is 2.45. The molecule has 0 aliphatic carbocycles. The monoisotopic (exact) mass is 462 g/mol. The number of rotatable bonds is 6. The Balaban J connectivity index is 2.03. The minimum Gasteiger partial charge on any atom is -0.411 e. The lowest BCUT2D eigenvalue weighted by Gasteiger charge is -2.35. The molecule has 31 heavy (non-hydrogen) atoms. The van der Waals surface area contributed by atoms with Crippen LogP contribution >= 0.6 is 11.6 Å². The molecule has 0 spiro atoms. The molecular weight excluding hydrogens is 428 g/mol. The Bertz CT molecular complexity index is 968. The molecule has 1 aliphatic rings. The summed E-state index contributed by atoms with van der Waals surface area (Å²) in [7, 11) is 2.37. The molecule has 2 unspecified atom stereocenters. The van der Waals surface area contributed by atoms with Crippen molar-refractivity contribution in [2.75, 3.05) is 17.2 Å². The molecule has 2 atom stereocenters. The van der Waals surface area contributed by atoms with Crippen LogP contribution in [0, 0.1) is 6.92 Å². The third-order valence-corrected chi connectivity index (χ3v) is 7.55. The predicted octanol–water partition coefficient (Wildman–Crippen LogP) is 4.61. The third kappa shape index (κ3) is 4.61. The van der Waals surface area contributed by atoms with Crippen molar-refractivity contribution in [3.8, 4) is 0 Å². The van der Waals surface area contributed by atoms with Crippen molar-refractivity contribution in [3.63, 3.8) is 0 Å². The highest BCUT2D eigenvalue weighted by molar-refractivity contribution is 6.32. The molecule has 0 aromatic carbocycles. The van der Waals surface area contributed by atoms with E-state index in [9.17, 15) is 0 Å². The molecule has 7 nitrogen and oxygen atoms in total. The van der Waals surface area contributed by atoms with E-state index in [0.717, 1.165) is 23.5 Å². The second kappa shape index (κ2) is 8.37. The first-order valence-corrected chi connectivity index (χ1v) is 12.1. The number of hydrogen-bond acceptors (Lipinski definition) is 6. The van der Waals surface area contributed by atoms with E-state index in [1.807, 2.05) is 11.7 Å². The molecule has 0 amide bonds. The lowest BCUT2D eigenvalue weighted by Crippen LogP contribution is -2.39. The number of nitrogens with two attached hydrogens (primary N) is 1. The highest BCUT2D eigenvalue weighted by Crippen LogP contribution is 2.48. The van der Waals surface area contributed by atoms with Crippen molar-refractivity contribution in [3.05, 3.63) is 27.7 Å². The topological polar surface area (TPSA) is 82.1 Å². The number of aromatic nitrogens is 4. The van der Waals surface area contributed by atoms with E-state index in [-0.39, 0.29) is 22.9 Å². The molecule has 0 fully saturated rings. The van der Waals surface area contributed by atoms with Gasteiger partial charge in [0, 0.05) is 30.8 Å². The Kier molecular flexibility index (Phi) is 6.48. The van der Waals surface area contributed by atoms with Crippen molar-refractivity contribution in [1.29, 1.82) is 0 Å². The molecule has 0 saturated heterocycles. The van der Waals surface area contributed by atoms with Gasteiger partial charge >= 0.3 is 0 Å². The Labute approximate surface area is 193 Å². The van der Waals surface area contributed by atoms with Crippen molar-refractivity contribution < 1.29 is 4.43 Å². The van der Waals surface area contributed by atoms with Crippen molar-refractivity contribution in [2.45, 2.75) is 84.4 Å². The van der Waals surface area contributed by atoms with Crippen LogP contribution in [0.25, 0.3) is 0 Å². The Morgan fingerprint density at radius 2 is 1.90 bits per heavy atom. The predicted molar refractivity (Wildman–Crippen MR) is 128 cm³/mol. The van der Waals surface area contributed by atoms with Gasteiger partial charge in [-0.05, 0) is 44.7 Å². The molecule has 3 rings (SSSR count). The van der Waals surface area contributed by atoms with E-state index in [0.29, 0.717) is 21.5 Å². The zero-order valence-electron chi connectivity index (χ0n) is 20.2. The van der Waals surface area contributed by atoms with Crippen LogP contribution in [0.2, 0.25) is 10.2 Å². The van der Waals surface area contributed by atoms with Crippen LogP contribution in [0.5, 0.6) is 0 Å². The number of nitrogen functional groups attached to an aromatic ring is 1. The summed E-state index contributed by atoms with van der Waals surface area (Å²) < 4.78 is 8.43. The Morgan fingerprint density at radius 3 is 2.45 bits per heavy atom. The minimum absolute atomic E-state index is 0.0153. The molecular formula is C22H35ClN6OSi. The standard InChI is InChI=1S/C22H35ClN6OSi/c1-10-15-12(2)17(27-28(15)9)13(3)29-11-14(22(7,8)30-31-21(4,5)6)16-18(23)25-20(24)26-19(16)29/h13-14H,10-11H2,1-9H3,(H2,24,25,26). The number of fused-ring (bicyclic) bond motifs is 1. The lowest BCUT2D eigenvalue weighted by molar-refractivity contribution is 0.0825. The SMILES string of the molecule is CCc1c(C)c(C(C)N2CC(C(C)(C)O[Si]C(C)(C)C)c3c(Cl)nc(N)nc32)nn1C. The van der Waals surface area contributed by atoms with Crippen molar-refractivity contribution >= 4 is 33.1 Å².